The monoisotopic (exact) mass is 276 g/mol. The van der Waals surface area contributed by atoms with Gasteiger partial charge in [-0.3, -0.25) is 0 Å². The van der Waals surface area contributed by atoms with Gasteiger partial charge < -0.3 is 11.1 Å². The van der Waals surface area contributed by atoms with Gasteiger partial charge in [0.2, 0.25) is 0 Å². The summed E-state index contributed by atoms with van der Waals surface area (Å²) in [6.07, 6.45) is 2.22. The highest BCUT2D eigenvalue weighted by molar-refractivity contribution is 5.14. The Balaban J connectivity index is 2.39. The van der Waals surface area contributed by atoms with E-state index < -0.39 is 0 Å². The normalized spacial score (nSPS) is 13.4. The van der Waals surface area contributed by atoms with Gasteiger partial charge in [-0.25, -0.2) is 0 Å². The van der Waals surface area contributed by atoms with Crippen LogP contribution in [0.3, 0.4) is 0 Å². The van der Waals surface area contributed by atoms with E-state index in [1.54, 1.807) is 0 Å². The largest absolute Gasteiger partial charge is 0.329 e. The molecule has 0 aliphatic rings. The Bertz CT molecular complexity index is 338. The van der Waals surface area contributed by atoms with Gasteiger partial charge in [0.05, 0.1) is 0 Å². The maximum Gasteiger partial charge on any atom is 0.0193 e. The first kappa shape index (κ1) is 17.2. The SMILES string of the molecule is CC(C)C(CNC(CN)CCc1ccccc1)C(C)C. The fourth-order valence-corrected chi connectivity index (χ4v) is 2.83. The number of rotatable bonds is 9. The Kier molecular flexibility index (Phi) is 7.86. The second-order valence-corrected chi connectivity index (χ2v) is 6.52. The summed E-state index contributed by atoms with van der Waals surface area (Å²) in [7, 11) is 0. The maximum absolute atomic E-state index is 5.91. The second-order valence-electron chi connectivity index (χ2n) is 6.52. The van der Waals surface area contributed by atoms with Gasteiger partial charge in [-0.05, 0) is 42.7 Å². The van der Waals surface area contributed by atoms with Crippen LogP contribution in [0.15, 0.2) is 30.3 Å². The number of nitrogens with one attached hydrogen (secondary N) is 1. The molecule has 1 aromatic carbocycles. The lowest BCUT2D eigenvalue weighted by atomic mass is 9.85. The average Bonchev–Trinajstić information content (AvgIpc) is 2.42. The molecule has 20 heavy (non-hydrogen) atoms. The molecule has 0 fully saturated rings. The maximum atomic E-state index is 5.91. The van der Waals surface area contributed by atoms with E-state index >= 15 is 0 Å². The molecule has 0 aliphatic heterocycles. The van der Waals surface area contributed by atoms with Crippen LogP contribution in [-0.2, 0) is 6.42 Å². The van der Waals surface area contributed by atoms with E-state index in [4.69, 9.17) is 5.73 Å². The predicted molar refractivity (Wildman–Crippen MR) is 88.8 cm³/mol. The Morgan fingerprint density at radius 3 is 2.10 bits per heavy atom. The zero-order valence-corrected chi connectivity index (χ0v) is 13.6. The summed E-state index contributed by atoms with van der Waals surface area (Å²) >= 11 is 0. The van der Waals surface area contributed by atoms with Crippen molar-refractivity contribution in [3.63, 3.8) is 0 Å². The molecule has 0 radical (unpaired) electrons. The molecular weight excluding hydrogens is 244 g/mol. The molecule has 0 amide bonds. The van der Waals surface area contributed by atoms with E-state index in [0.29, 0.717) is 6.04 Å². The van der Waals surface area contributed by atoms with E-state index in [0.717, 1.165) is 43.7 Å². The van der Waals surface area contributed by atoms with Crippen LogP contribution in [0, 0.1) is 17.8 Å². The molecule has 0 aliphatic carbocycles. The lowest BCUT2D eigenvalue weighted by molar-refractivity contribution is 0.263. The van der Waals surface area contributed by atoms with E-state index in [1.165, 1.54) is 5.56 Å². The number of benzene rings is 1. The smallest absolute Gasteiger partial charge is 0.0193 e. The van der Waals surface area contributed by atoms with Gasteiger partial charge in [-0.2, -0.15) is 0 Å². The summed E-state index contributed by atoms with van der Waals surface area (Å²) in [5, 5.41) is 3.68. The van der Waals surface area contributed by atoms with Crippen LogP contribution in [0.2, 0.25) is 0 Å². The van der Waals surface area contributed by atoms with Crippen molar-refractivity contribution in [1.29, 1.82) is 0 Å². The van der Waals surface area contributed by atoms with Crippen LogP contribution in [-0.4, -0.2) is 19.1 Å². The van der Waals surface area contributed by atoms with Crippen LogP contribution in [0.25, 0.3) is 0 Å². The van der Waals surface area contributed by atoms with Crippen LogP contribution in [0.4, 0.5) is 0 Å². The molecule has 1 aromatic rings. The lowest BCUT2D eigenvalue weighted by Gasteiger charge is -2.28. The molecular formula is C18H32N2. The Hall–Kier alpha value is -0.860. The zero-order valence-electron chi connectivity index (χ0n) is 13.6. The molecule has 0 aromatic heterocycles. The van der Waals surface area contributed by atoms with Crippen molar-refractivity contribution in [3.8, 4) is 0 Å². The average molecular weight is 276 g/mol. The topological polar surface area (TPSA) is 38.0 Å². The molecule has 0 bridgehead atoms. The number of hydrogen-bond acceptors (Lipinski definition) is 2. The minimum absolute atomic E-state index is 0.426. The first-order valence-electron chi connectivity index (χ1n) is 8.02. The lowest BCUT2D eigenvalue weighted by Crippen LogP contribution is -2.41. The van der Waals surface area contributed by atoms with E-state index in [-0.39, 0.29) is 0 Å². The van der Waals surface area contributed by atoms with Gasteiger partial charge in [-0.1, -0.05) is 58.0 Å². The highest BCUT2D eigenvalue weighted by atomic mass is 14.9. The van der Waals surface area contributed by atoms with Crippen molar-refractivity contribution in [2.24, 2.45) is 23.5 Å². The summed E-state index contributed by atoms with van der Waals surface area (Å²) in [6.45, 7) is 11.0. The predicted octanol–water partition coefficient (Wildman–Crippen LogP) is 3.46. The van der Waals surface area contributed by atoms with E-state index in [2.05, 4.69) is 63.3 Å². The fraction of sp³-hybridized carbons (Fsp3) is 0.667. The molecule has 1 unspecified atom stereocenters. The second kappa shape index (κ2) is 9.15. The van der Waals surface area contributed by atoms with E-state index in [9.17, 15) is 0 Å². The van der Waals surface area contributed by atoms with Gasteiger partial charge in [0.15, 0.2) is 0 Å². The Morgan fingerprint density at radius 1 is 1.00 bits per heavy atom. The first-order valence-corrected chi connectivity index (χ1v) is 8.02. The first-order chi connectivity index (χ1) is 9.54. The quantitative estimate of drug-likeness (QED) is 0.725. The van der Waals surface area contributed by atoms with Crippen molar-refractivity contribution >= 4 is 0 Å². The third-order valence-electron chi connectivity index (χ3n) is 4.26. The summed E-state index contributed by atoms with van der Waals surface area (Å²) in [5.74, 6) is 2.16. The number of hydrogen-bond donors (Lipinski definition) is 2. The number of nitrogens with two attached hydrogens (primary N) is 1. The van der Waals surface area contributed by atoms with Gasteiger partial charge in [0, 0.05) is 12.6 Å². The number of aryl methyl sites for hydroxylation is 1. The standard InChI is InChI=1S/C18H32N2/c1-14(2)18(15(3)4)13-20-17(12-19)11-10-16-8-6-5-7-9-16/h5-9,14-15,17-18,20H,10-13,19H2,1-4H3. The van der Waals surface area contributed by atoms with Crippen LogP contribution < -0.4 is 11.1 Å². The molecule has 0 saturated carbocycles. The highest BCUT2D eigenvalue weighted by Crippen LogP contribution is 2.19. The van der Waals surface area contributed by atoms with Crippen molar-refractivity contribution in [2.75, 3.05) is 13.1 Å². The minimum atomic E-state index is 0.426. The molecule has 0 heterocycles. The fourth-order valence-electron chi connectivity index (χ4n) is 2.83. The molecule has 114 valence electrons. The zero-order chi connectivity index (χ0) is 15.0. The summed E-state index contributed by atoms with van der Waals surface area (Å²) in [6, 6.07) is 11.1. The van der Waals surface area contributed by atoms with Crippen molar-refractivity contribution in [1.82, 2.24) is 5.32 Å². The van der Waals surface area contributed by atoms with E-state index in [1.807, 2.05) is 0 Å². The van der Waals surface area contributed by atoms with Gasteiger partial charge in [-0.15, -0.1) is 0 Å². The summed E-state index contributed by atoms with van der Waals surface area (Å²) in [5.41, 5.74) is 7.31. The molecule has 3 N–H and O–H groups in total. The molecule has 1 rings (SSSR count). The molecule has 2 nitrogen and oxygen atoms in total. The van der Waals surface area contributed by atoms with Crippen molar-refractivity contribution in [2.45, 2.75) is 46.6 Å². The van der Waals surface area contributed by atoms with Crippen molar-refractivity contribution in [3.05, 3.63) is 35.9 Å². The van der Waals surface area contributed by atoms with Gasteiger partial charge >= 0.3 is 0 Å². The third-order valence-corrected chi connectivity index (χ3v) is 4.26. The molecule has 1 atom stereocenters. The van der Waals surface area contributed by atoms with Crippen LogP contribution >= 0.6 is 0 Å². The molecule has 0 spiro atoms. The van der Waals surface area contributed by atoms with Crippen LogP contribution in [0.1, 0.15) is 39.7 Å². The van der Waals surface area contributed by atoms with Gasteiger partial charge in [0.25, 0.3) is 0 Å². The summed E-state index contributed by atoms with van der Waals surface area (Å²) in [4.78, 5) is 0. The minimum Gasteiger partial charge on any atom is -0.329 e. The molecule has 2 heteroatoms. The Labute approximate surface area is 125 Å². The summed E-state index contributed by atoms with van der Waals surface area (Å²) < 4.78 is 0. The van der Waals surface area contributed by atoms with Crippen LogP contribution in [0.5, 0.6) is 0 Å². The third kappa shape index (κ3) is 6.06. The van der Waals surface area contributed by atoms with Gasteiger partial charge in [0.1, 0.15) is 0 Å². The molecule has 0 saturated heterocycles. The van der Waals surface area contributed by atoms with Crippen molar-refractivity contribution < 1.29 is 0 Å². The highest BCUT2D eigenvalue weighted by Gasteiger charge is 2.18. The Morgan fingerprint density at radius 2 is 1.60 bits per heavy atom.